The molecule has 1 aliphatic heterocycles. The van der Waals surface area contributed by atoms with E-state index in [0.717, 1.165) is 77.0 Å². The molecule has 1 saturated heterocycles. The van der Waals surface area contributed by atoms with Crippen LogP contribution in [0, 0.1) is 0 Å². The maximum Gasteiger partial charge on any atom is 0.334 e. The quantitative estimate of drug-likeness (QED) is 0.0185. The van der Waals surface area contributed by atoms with Gasteiger partial charge < -0.3 is 39.7 Å². The summed E-state index contributed by atoms with van der Waals surface area (Å²) in [6.45, 7) is 4.97. The van der Waals surface area contributed by atoms with Gasteiger partial charge in [-0.25, -0.2) is 0 Å². The Morgan fingerprint density at radius 2 is 0.907 bits per heavy atom. The molecule has 54 heavy (non-hydrogen) atoms. The fourth-order valence-electron chi connectivity index (χ4n) is 6.99. The van der Waals surface area contributed by atoms with Crippen LogP contribution in [0.5, 0.6) is 0 Å². The summed E-state index contributed by atoms with van der Waals surface area (Å²) >= 11 is 0. The van der Waals surface area contributed by atoms with E-state index in [9.17, 15) is 35.1 Å². The van der Waals surface area contributed by atoms with E-state index in [2.05, 4.69) is 38.2 Å². The highest BCUT2D eigenvalue weighted by Crippen LogP contribution is 2.47. The standard InChI is InChI=1S/C44H80O10/c1-4-7-9-11-13-15-17-19-21-23-25-27-29-31-33-35-39(46)53-43(50)41(48)38(37-45)52-42(49,6-3)44(43,51)54-40(47)36-34-32-30-28-26-24-22-20-18-16-14-12-10-8-5-2/h19-22,38,41,45,48-51H,4-18,23-37H2,1-3H3/b21-19-,22-20-/t38-,41+,42?,43+,44-/m1/s1. The van der Waals surface area contributed by atoms with Crippen LogP contribution in [0.25, 0.3) is 0 Å². The molecular formula is C44H80O10. The van der Waals surface area contributed by atoms with Gasteiger partial charge in [-0.3, -0.25) is 9.59 Å². The number of allylic oxidation sites excluding steroid dienone is 4. The van der Waals surface area contributed by atoms with Crippen LogP contribution < -0.4 is 0 Å². The fourth-order valence-corrected chi connectivity index (χ4v) is 6.99. The van der Waals surface area contributed by atoms with Crippen molar-refractivity contribution in [3.05, 3.63) is 24.3 Å². The molecule has 0 aromatic carbocycles. The van der Waals surface area contributed by atoms with Crippen molar-refractivity contribution in [1.82, 2.24) is 0 Å². The molecule has 0 saturated carbocycles. The number of unbranched alkanes of at least 4 members (excludes halogenated alkanes) is 22. The second kappa shape index (κ2) is 30.3. The maximum atomic E-state index is 13.0. The minimum atomic E-state index is -3.36. The third kappa shape index (κ3) is 18.9. The first-order chi connectivity index (χ1) is 26.0. The van der Waals surface area contributed by atoms with Gasteiger partial charge in [0.15, 0.2) is 6.10 Å². The van der Waals surface area contributed by atoms with E-state index in [0.29, 0.717) is 12.8 Å². The van der Waals surface area contributed by atoms with Crippen molar-refractivity contribution in [2.45, 2.75) is 237 Å². The summed E-state index contributed by atoms with van der Waals surface area (Å²) in [4.78, 5) is 25.9. The zero-order chi connectivity index (χ0) is 40.0. The molecular weight excluding hydrogens is 688 g/mol. The molecule has 0 bridgehead atoms. The van der Waals surface area contributed by atoms with Gasteiger partial charge in [0.25, 0.3) is 0 Å². The fraction of sp³-hybridized carbons (Fsp3) is 0.864. The summed E-state index contributed by atoms with van der Waals surface area (Å²) in [5.74, 6) is -11.4. The molecule has 1 heterocycles. The predicted molar refractivity (Wildman–Crippen MR) is 214 cm³/mol. The first-order valence-electron chi connectivity index (χ1n) is 21.9. The Balaban J connectivity index is 2.52. The van der Waals surface area contributed by atoms with Gasteiger partial charge in [0.05, 0.1) is 6.61 Å². The number of esters is 2. The van der Waals surface area contributed by atoms with Crippen LogP contribution in [0.2, 0.25) is 0 Å². The maximum absolute atomic E-state index is 13.0. The van der Waals surface area contributed by atoms with Gasteiger partial charge in [0.2, 0.25) is 5.79 Å². The van der Waals surface area contributed by atoms with Crippen molar-refractivity contribution in [1.29, 1.82) is 0 Å². The molecule has 0 spiro atoms. The summed E-state index contributed by atoms with van der Waals surface area (Å²) in [6, 6.07) is 0. The Morgan fingerprint density at radius 1 is 0.556 bits per heavy atom. The first kappa shape index (κ1) is 50.2. The molecule has 0 aliphatic carbocycles. The lowest BCUT2D eigenvalue weighted by molar-refractivity contribution is -0.511. The van der Waals surface area contributed by atoms with Gasteiger partial charge in [-0.05, 0) is 64.2 Å². The Kier molecular flexibility index (Phi) is 28.2. The molecule has 1 rings (SSSR count). The van der Waals surface area contributed by atoms with Gasteiger partial charge in [0.1, 0.15) is 6.10 Å². The third-order valence-electron chi connectivity index (χ3n) is 10.6. The normalized spacial score (nSPS) is 24.4. The van der Waals surface area contributed by atoms with E-state index in [-0.39, 0.29) is 12.8 Å². The van der Waals surface area contributed by atoms with E-state index in [1.807, 2.05) is 0 Å². The van der Waals surface area contributed by atoms with E-state index in [1.165, 1.54) is 84.0 Å². The molecule has 1 fully saturated rings. The monoisotopic (exact) mass is 769 g/mol. The average Bonchev–Trinajstić information content (AvgIpc) is 3.15. The van der Waals surface area contributed by atoms with Crippen LogP contribution in [-0.2, 0) is 23.8 Å². The number of ether oxygens (including phenoxy) is 3. The number of rotatable bonds is 34. The molecule has 10 nitrogen and oxygen atoms in total. The topological polar surface area (TPSA) is 163 Å². The number of aliphatic hydroxyl groups excluding tert-OH is 2. The highest BCUT2D eigenvalue weighted by molar-refractivity contribution is 5.71. The van der Waals surface area contributed by atoms with Crippen molar-refractivity contribution >= 4 is 11.9 Å². The molecule has 1 aliphatic rings. The second-order valence-corrected chi connectivity index (χ2v) is 15.4. The van der Waals surface area contributed by atoms with Crippen LogP contribution in [-0.4, -0.2) is 73.6 Å². The van der Waals surface area contributed by atoms with Crippen LogP contribution in [0.4, 0.5) is 0 Å². The lowest BCUT2D eigenvalue weighted by Crippen LogP contribution is -2.81. The van der Waals surface area contributed by atoms with Crippen LogP contribution >= 0.6 is 0 Å². The molecule has 5 N–H and O–H groups in total. The third-order valence-corrected chi connectivity index (χ3v) is 10.6. The van der Waals surface area contributed by atoms with Crippen molar-refractivity contribution < 1.29 is 49.3 Å². The molecule has 316 valence electrons. The van der Waals surface area contributed by atoms with Crippen molar-refractivity contribution in [3.8, 4) is 0 Å². The number of hydrogen-bond acceptors (Lipinski definition) is 10. The van der Waals surface area contributed by atoms with E-state index < -0.39 is 54.5 Å². The minimum absolute atomic E-state index is 0.138. The molecule has 0 aromatic rings. The van der Waals surface area contributed by atoms with Gasteiger partial charge in [0, 0.05) is 19.3 Å². The van der Waals surface area contributed by atoms with E-state index in [4.69, 9.17) is 14.2 Å². The zero-order valence-electron chi connectivity index (χ0n) is 34.5. The lowest BCUT2D eigenvalue weighted by Gasteiger charge is -2.55. The van der Waals surface area contributed by atoms with E-state index in [1.54, 1.807) is 0 Å². The largest absolute Gasteiger partial charge is 0.423 e. The average molecular weight is 769 g/mol. The predicted octanol–water partition coefficient (Wildman–Crippen LogP) is 9.38. The lowest BCUT2D eigenvalue weighted by atomic mass is 9.83. The SMILES string of the molecule is CCCCCCCC/C=C\CCCCCCCC(=O)O[C@@]1(O)[C@@H](O)[C@@H](CO)OC(O)(CC)[C@@]1(O)OC(=O)CCCCCCC/C=C\CCCCCCCC. The number of aliphatic hydroxyl groups is 5. The Hall–Kier alpha value is -1.82. The number of carbonyl (C=O) groups excluding carboxylic acids is 2. The second-order valence-electron chi connectivity index (χ2n) is 15.4. The number of carbonyl (C=O) groups is 2. The van der Waals surface area contributed by atoms with Crippen LogP contribution in [0.15, 0.2) is 24.3 Å². The molecule has 0 radical (unpaired) electrons. The summed E-state index contributed by atoms with van der Waals surface area (Å²) in [6.07, 6.45) is 32.5. The van der Waals surface area contributed by atoms with Crippen molar-refractivity contribution in [2.75, 3.05) is 6.61 Å². The Bertz CT molecular complexity index is 1020. The highest BCUT2D eigenvalue weighted by atomic mass is 16.8. The van der Waals surface area contributed by atoms with Crippen molar-refractivity contribution in [3.63, 3.8) is 0 Å². The summed E-state index contributed by atoms with van der Waals surface area (Å²) in [7, 11) is 0. The van der Waals surface area contributed by atoms with Crippen molar-refractivity contribution in [2.24, 2.45) is 0 Å². The Labute approximate surface area is 328 Å². The van der Waals surface area contributed by atoms with Gasteiger partial charge >= 0.3 is 23.5 Å². The summed E-state index contributed by atoms with van der Waals surface area (Å²) in [5, 5.41) is 55.3. The smallest absolute Gasteiger partial charge is 0.334 e. The first-order valence-corrected chi connectivity index (χ1v) is 21.9. The van der Waals surface area contributed by atoms with Gasteiger partial charge in [-0.2, -0.15) is 0 Å². The van der Waals surface area contributed by atoms with E-state index >= 15 is 0 Å². The van der Waals surface area contributed by atoms with Crippen LogP contribution in [0.1, 0.15) is 207 Å². The minimum Gasteiger partial charge on any atom is -0.423 e. The molecule has 0 aromatic heterocycles. The highest BCUT2D eigenvalue weighted by Gasteiger charge is 2.76. The summed E-state index contributed by atoms with van der Waals surface area (Å²) < 4.78 is 15.9. The molecule has 0 amide bonds. The molecule has 1 unspecified atom stereocenters. The number of hydrogen-bond donors (Lipinski definition) is 5. The summed E-state index contributed by atoms with van der Waals surface area (Å²) in [5.41, 5.74) is 0. The zero-order valence-corrected chi connectivity index (χ0v) is 34.5. The Morgan fingerprint density at radius 3 is 1.28 bits per heavy atom. The molecule has 5 atom stereocenters. The molecule has 10 heteroatoms. The van der Waals surface area contributed by atoms with Gasteiger partial charge in [-0.1, -0.05) is 148 Å². The van der Waals surface area contributed by atoms with Gasteiger partial charge in [-0.15, -0.1) is 0 Å². The van der Waals surface area contributed by atoms with Crippen LogP contribution in [0.3, 0.4) is 0 Å².